The van der Waals surface area contributed by atoms with Gasteiger partial charge in [-0.05, 0) is 25.0 Å². The lowest BCUT2D eigenvalue weighted by atomic mass is 10.1. The van der Waals surface area contributed by atoms with Crippen LogP contribution in [-0.2, 0) is 26.3 Å². The normalized spacial score (nSPS) is 10.8. The molecule has 96 valence electrons. The van der Waals surface area contributed by atoms with Crippen molar-refractivity contribution < 1.29 is 4.79 Å². The fourth-order valence-corrected chi connectivity index (χ4v) is 2.95. The smallest absolute Gasteiger partial charge is 0.171 e. The van der Waals surface area contributed by atoms with Crippen molar-refractivity contribution in [3.05, 3.63) is 39.3 Å². The Kier molecular flexibility index (Phi) is 3.97. The highest BCUT2D eigenvalue weighted by Gasteiger charge is 2.15. The first kappa shape index (κ1) is 13.0. The summed E-state index contributed by atoms with van der Waals surface area (Å²) in [6.07, 6.45) is 4.15. The highest BCUT2D eigenvalue weighted by atomic mass is 32.1. The predicted octanol–water partition coefficient (Wildman–Crippen LogP) is 3.03. The van der Waals surface area contributed by atoms with Gasteiger partial charge in [0.1, 0.15) is 0 Å². The number of rotatable bonds is 5. The molecular weight excluding hydrogens is 244 g/mol. The number of carbonyl (C=O) groups excluding carboxylic acids is 1. The SMILES string of the molecule is CCc1ccc(CC(=O)c2cn(C)nc2CC)s1. The molecule has 0 radical (unpaired) electrons. The van der Waals surface area contributed by atoms with Gasteiger partial charge in [-0.25, -0.2) is 0 Å². The molecule has 0 spiro atoms. The Hall–Kier alpha value is -1.42. The van der Waals surface area contributed by atoms with Gasteiger partial charge in [0, 0.05) is 29.4 Å². The molecule has 2 aromatic rings. The number of ketones is 1. The molecule has 2 rings (SSSR count). The van der Waals surface area contributed by atoms with Crippen molar-refractivity contribution in [3.8, 4) is 0 Å². The van der Waals surface area contributed by atoms with Crippen LogP contribution >= 0.6 is 11.3 Å². The Morgan fingerprint density at radius 1 is 1.28 bits per heavy atom. The minimum Gasteiger partial charge on any atom is -0.294 e. The Morgan fingerprint density at radius 2 is 2.00 bits per heavy atom. The number of nitrogens with zero attached hydrogens (tertiary/aromatic N) is 2. The van der Waals surface area contributed by atoms with Gasteiger partial charge in [-0.3, -0.25) is 9.48 Å². The molecule has 0 saturated heterocycles. The summed E-state index contributed by atoms with van der Waals surface area (Å²) in [5.41, 5.74) is 1.67. The van der Waals surface area contributed by atoms with E-state index in [4.69, 9.17) is 0 Å². The first-order valence-corrected chi connectivity index (χ1v) is 7.09. The van der Waals surface area contributed by atoms with E-state index in [1.807, 2.05) is 20.2 Å². The van der Waals surface area contributed by atoms with Crippen molar-refractivity contribution >= 4 is 17.1 Å². The number of aromatic nitrogens is 2. The molecule has 0 aliphatic heterocycles. The quantitative estimate of drug-likeness (QED) is 0.776. The zero-order chi connectivity index (χ0) is 13.1. The largest absolute Gasteiger partial charge is 0.294 e. The van der Waals surface area contributed by atoms with Crippen LogP contribution in [0.25, 0.3) is 0 Å². The van der Waals surface area contributed by atoms with Gasteiger partial charge in [0.2, 0.25) is 0 Å². The third-order valence-corrected chi connectivity index (χ3v) is 4.17. The number of aryl methyl sites for hydroxylation is 3. The number of Topliss-reactive ketones (excluding diaryl/α,β-unsaturated/α-hetero) is 1. The second-order valence-corrected chi connectivity index (χ2v) is 5.59. The summed E-state index contributed by atoms with van der Waals surface area (Å²) in [6.45, 7) is 4.16. The summed E-state index contributed by atoms with van der Waals surface area (Å²) in [7, 11) is 1.86. The third-order valence-electron chi connectivity index (χ3n) is 2.94. The van der Waals surface area contributed by atoms with Crippen LogP contribution < -0.4 is 0 Å². The molecular formula is C14H18N2OS. The molecule has 0 bridgehead atoms. The van der Waals surface area contributed by atoms with Gasteiger partial charge >= 0.3 is 0 Å². The van der Waals surface area contributed by atoms with E-state index in [1.165, 1.54) is 4.88 Å². The molecule has 3 nitrogen and oxygen atoms in total. The molecule has 18 heavy (non-hydrogen) atoms. The van der Waals surface area contributed by atoms with Crippen LogP contribution in [0.4, 0.5) is 0 Å². The van der Waals surface area contributed by atoms with Gasteiger partial charge in [-0.1, -0.05) is 13.8 Å². The maximum atomic E-state index is 12.3. The van der Waals surface area contributed by atoms with Crippen molar-refractivity contribution in [2.75, 3.05) is 0 Å². The Labute approximate surface area is 111 Å². The molecule has 0 atom stereocenters. The molecule has 4 heteroatoms. The summed E-state index contributed by atoms with van der Waals surface area (Å²) in [5.74, 6) is 0.171. The summed E-state index contributed by atoms with van der Waals surface area (Å²) in [4.78, 5) is 14.7. The lowest BCUT2D eigenvalue weighted by molar-refractivity contribution is 0.0993. The highest BCUT2D eigenvalue weighted by molar-refractivity contribution is 7.12. The van der Waals surface area contributed by atoms with Gasteiger partial charge in [-0.2, -0.15) is 5.10 Å². The van der Waals surface area contributed by atoms with E-state index < -0.39 is 0 Å². The van der Waals surface area contributed by atoms with Gasteiger partial charge in [-0.15, -0.1) is 11.3 Å². The minimum atomic E-state index is 0.171. The van der Waals surface area contributed by atoms with Crippen LogP contribution in [0.3, 0.4) is 0 Å². The zero-order valence-corrected chi connectivity index (χ0v) is 11.9. The zero-order valence-electron chi connectivity index (χ0n) is 11.1. The van der Waals surface area contributed by atoms with E-state index >= 15 is 0 Å². The topological polar surface area (TPSA) is 34.9 Å². The van der Waals surface area contributed by atoms with Crippen LogP contribution in [0.1, 0.15) is 39.7 Å². The average Bonchev–Trinajstić information content (AvgIpc) is 2.95. The first-order valence-electron chi connectivity index (χ1n) is 6.27. The van der Waals surface area contributed by atoms with Crippen LogP contribution in [-0.4, -0.2) is 15.6 Å². The van der Waals surface area contributed by atoms with E-state index in [-0.39, 0.29) is 5.78 Å². The first-order chi connectivity index (χ1) is 8.63. The Balaban J connectivity index is 2.16. The van der Waals surface area contributed by atoms with Crippen LogP contribution in [0.15, 0.2) is 18.3 Å². The molecule has 2 heterocycles. The molecule has 0 aliphatic carbocycles. The fraction of sp³-hybridized carbons (Fsp3) is 0.429. The summed E-state index contributed by atoms with van der Waals surface area (Å²) in [5, 5.41) is 4.31. The molecule has 0 fully saturated rings. The monoisotopic (exact) mass is 262 g/mol. The second-order valence-electron chi connectivity index (χ2n) is 4.34. The number of thiophene rings is 1. The van der Waals surface area contributed by atoms with Crippen molar-refractivity contribution in [3.63, 3.8) is 0 Å². The summed E-state index contributed by atoms with van der Waals surface area (Å²) < 4.78 is 1.72. The Morgan fingerprint density at radius 3 is 2.61 bits per heavy atom. The van der Waals surface area contributed by atoms with Gasteiger partial charge in [0.05, 0.1) is 11.3 Å². The number of hydrogen-bond donors (Lipinski definition) is 0. The Bertz CT molecular complexity index is 554. The summed E-state index contributed by atoms with van der Waals surface area (Å²) >= 11 is 1.73. The lowest BCUT2D eigenvalue weighted by Gasteiger charge is -1.98. The number of carbonyl (C=O) groups is 1. The molecule has 0 amide bonds. The molecule has 0 aromatic carbocycles. The minimum absolute atomic E-state index is 0.171. The van der Waals surface area contributed by atoms with E-state index in [0.29, 0.717) is 6.42 Å². The van der Waals surface area contributed by atoms with E-state index in [2.05, 4.69) is 24.2 Å². The molecule has 0 N–H and O–H groups in total. The van der Waals surface area contributed by atoms with Gasteiger partial charge in [0.25, 0.3) is 0 Å². The predicted molar refractivity (Wildman–Crippen MR) is 74.3 cm³/mol. The number of hydrogen-bond acceptors (Lipinski definition) is 3. The van der Waals surface area contributed by atoms with Crippen LogP contribution in [0, 0.1) is 0 Å². The molecule has 0 aliphatic rings. The van der Waals surface area contributed by atoms with E-state index in [1.54, 1.807) is 16.0 Å². The standard InChI is InChI=1S/C14H18N2OS/c1-4-10-6-7-11(18-10)8-14(17)12-9-16(3)15-13(12)5-2/h6-7,9H,4-5,8H2,1-3H3. The third kappa shape index (κ3) is 2.70. The highest BCUT2D eigenvalue weighted by Crippen LogP contribution is 2.20. The van der Waals surface area contributed by atoms with Gasteiger partial charge < -0.3 is 0 Å². The van der Waals surface area contributed by atoms with Crippen molar-refractivity contribution in [1.82, 2.24) is 9.78 Å². The van der Waals surface area contributed by atoms with Gasteiger partial charge in [0.15, 0.2) is 5.78 Å². The van der Waals surface area contributed by atoms with E-state index in [9.17, 15) is 4.79 Å². The fourth-order valence-electron chi connectivity index (χ4n) is 1.99. The van der Waals surface area contributed by atoms with Crippen LogP contribution in [0.5, 0.6) is 0 Å². The van der Waals surface area contributed by atoms with Crippen molar-refractivity contribution in [2.45, 2.75) is 33.1 Å². The molecule has 0 unspecified atom stereocenters. The molecule has 2 aromatic heterocycles. The van der Waals surface area contributed by atoms with E-state index in [0.717, 1.165) is 29.0 Å². The average molecular weight is 262 g/mol. The lowest BCUT2D eigenvalue weighted by Crippen LogP contribution is -2.04. The second kappa shape index (κ2) is 5.48. The maximum Gasteiger partial charge on any atom is 0.171 e. The van der Waals surface area contributed by atoms with Crippen LogP contribution in [0.2, 0.25) is 0 Å². The van der Waals surface area contributed by atoms with Crippen molar-refractivity contribution in [2.24, 2.45) is 7.05 Å². The van der Waals surface area contributed by atoms with Crippen molar-refractivity contribution in [1.29, 1.82) is 0 Å². The molecule has 0 saturated carbocycles. The maximum absolute atomic E-state index is 12.3. The summed E-state index contributed by atoms with van der Waals surface area (Å²) in [6, 6.07) is 4.17.